The van der Waals surface area contributed by atoms with E-state index in [2.05, 4.69) is 0 Å². The maximum absolute atomic E-state index is 15.9. The molecule has 0 bridgehead atoms. The summed E-state index contributed by atoms with van der Waals surface area (Å²) in [5, 5.41) is 33.9. The van der Waals surface area contributed by atoms with Gasteiger partial charge in [0.05, 0.1) is 31.1 Å². The molecule has 4 nitrogen and oxygen atoms in total. The number of halogens is 6. The Morgan fingerprint density at radius 1 is 0.955 bits per heavy atom. The van der Waals surface area contributed by atoms with E-state index >= 15 is 4.39 Å². The summed E-state index contributed by atoms with van der Waals surface area (Å²) in [6.45, 7) is 2.49. The number of alkyl halides is 1. The number of aliphatic hydroxyl groups excluding tert-OH is 1. The van der Waals surface area contributed by atoms with Crippen LogP contribution < -0.4 is 0 Å². The summed E-state index contributed by atoms with van der Waals surface area (Å²) < 4.78 is 83.2. The van der Waals surface area contributed by atoms with Gasteiger partial charge in [-0.2, -0.15) is 0 Å². The van der Waals surface area contributed by atoms with Crippen LogP contribution in [-0.2, 0) is 6.42 Å². The second-order valence-corrected chi connectivity index (χ2v) is 14.7. The molecular formula is C33H41F6NO3S. The van der Waals surface area contributed by atoms with Crippen molar-refractivity contribution in [2.24, 2.45) is 23.2 Å². The van der Waals surface area contributed by atoms with E-state index in [0.29, 0.717) is 37.6 Å². The van der Waals surface area contributed by atoms with Crippen LogP contribution in [0, 0.1) is 57.5 Å². The minimum atomic E-state index is -2.19. The highest BCUT2D eigenvalue weighted by Gasteiger charge is 2.59. The third-order valence-corrected chi connectivity index (χ3v) is 11.8. The van der Waals surface area contributed by atoms with Gasteiger partial charge >= 0.3 is 0 Å². The minimum Gasteiger partial charge on any atom is -0.633 e. The van der Waals surface area contributed by atoms with Crippen LogP contribution in [0.2, 0.25) is 0 Å². The molecule has 0 saturated heterocycles. The Hall–Kier alpha value is -1.95. The smallest absolute Gasteiger partial charge is 0.200 e. The molecule has 0 heterocycles. The lowest BCUT2D eigenvalue weighted by molar-refractivity contribution is -0.860. The van der Waals surface area contributed by atoms with Crippen molar-refractivity contribution in [3.05, 3.63) is 63.6 Å². The second-order valence-electron chi connectivity index (χ2n) is 13.6. The van der Waals surface area contributed by atoms with Crippen LogP contribution in [0.1, 0.15) is 75.3 Å². The molecule has 0 spiro atoms. The van der Waals surface area contributed by atoms with E-state index in [4.69, 9.17) is 0 Å². The van der Waals surface area contributed by atoms with Gasteiger partial charge in [0.25, 0.3) is 0 Å². The number of phenolic OH excluding ortho intramolecular Hbond substituents is 1. The highest BCUT2D eigenvalue weighted by atomic mass is 32.2. The van der Waals surface area contributed by atoms with Crippen molar-refractivity contribution in [3.63, 3.8) is 0 Å². The molecule has 2 aromatic rings. The zero-order valence-electron chi connectivity index (χ0n) is 25.1. The third-order valence-electron chi connectivity index (χ3n) is 10.7. The Labute approximate surface area is 259 Å². The number of quaternary nitrogens is 1. The lowest BCUT2D eigenvalue weighted by Gasteiger charge is -2.54. The van der Waals surface area contributed by atoms with Crippen molar-refractivity contribution >= 4 is 11.8 Å². The van der Waals surface area contributed by atoms with Crippen LogP contribution in [0.4, 0.5) is 26.3 Å². The Morgan fingerprint density at radius 3 is 2.32 bits per heavy atom. The van der Waals surface area contributed by atoms with E-state index in [9.17, 15) is 37.4 Å². The van der Waals surface area contributed by atoms with Gasteiger partial charge in [-0.05, 0) is 91.4 Å². The number of thioether (sulfide) groups is 1. The molecule has 3 aliphatic carbocycles. The van der Waals surface area contributed by atoms with Crippen LogP contribution in [0.15, 0.2) is 23.1 Å². The Balaban J connectivity index is 1.13. The van der Waals surface area contributed by atoms with Gasteiger partial charge in [0, 0.05) is 18.1 Å². The molecule has 2 N–H and O–H groups in total. The topological polar surface area (TPSA) is 63.5 Å². The van der Waals surface area contributed by atoms with E-state index < -0.39 is 56.3 Å². The Kier molecular flexibility index (Phi) is 9.91. The standard InChI is InChI=1S/C33H41F6NO3S/c1-33-17-23(34)26-21-9-8-20(41)16-19(21)15-18(25(26)22(33)10-11-24(33)42)7-4-3-5-12-40(2,43)13-6-14-44-32-30(38)28(36)27(35)29(37)31(32)39/h8-9,16,18,22-26,41-42H,3-7,10-15,17H2,1-2H3. The predicted molar refractivity (Wildman–Crippen MR) is 157 cm³/mol. The number of hydrogen-bond donors (Lipinski definition) is 2. The highest BCUT2D eigenvalue weighted by molar-refractivity contribution is 7.99. The van der Waals surface area contributed by atoms with Crippen molar-refractivity contribution in [2.45, 2.75) is 87.8 Å². The van der Waals surface area contributed by atoms with Gasteiger partial charge < -0.3 is 20.1 Å². The third kappa shape index (κ3) is 6.35. The summed E-state index contributed by atoms with van der Waals surface area (Å²) in [6.07, 6.45) is 4.46. The fourth-order valence-electron chi connectivity index (χ4n) is 8.46. The number of fused-ring (bicyclic) bond motifs is 5. The predicted octanol–water partition coefficient (Wildman–Crippen LogP) is 8.17. The summed E-state index contributed by atoms with van der Waals surface area (Å²) in [6, 6.07) is 5.26. The van der Waals surface area contributed by atoms with Crippen molar-refractivity contribution in [1.29, 1.82) is 0 Å². The van der Waals surface area contributed by atoms with Crippen molar-refractivity contribution in [1.82, 2.24) is 0 Å². The van der Waals surface area contributed by atoms with Crippen LogP contribution in [-0.4, -0.2) is 53.0 Å². The highest BCUT2D eigenvalue weighted by Crippen LogP contribution is 2.63. The minimum absolute atomic E-state index is 0.0278. The number of hydroxylamine groups is 3. The molecule has 0 radical (unpaired) electrons. The van der Waals surface area contributed by atoms with Crippen LogP contribution in [0.3, 0.4) is 0 Å². The maximum atomic E-state index is 15.9. The number of benzene rings is 2. The Bertz CT molecular complexity index is 1330. The second kappa shape index (κ2) is 13.0. The summed E-state index contributed by atoms with van der Waals surface area (Å²) in [7, 11) is 1.51. The zero-order chi connectivity index (χ0) is 32.0. The summed E-state index contributed by atoms with van der Waals surface area (Å²) >= 11 is 0.507. The summed E-state index contributed by atoms with van der Waals surface area (Å²) in [5.74, 6) is -9.40. The number of hydrogen-bond acceptors (Lipinski definition) is 4. The number of unbranched alkanes of at least 4 members (excludes halogenated alkanes) is 2. The van der Waals surface area contributed by atoms with E-state index in [1.54, 1.807) is 12.1 Å². The van der Waals surface area contributed by atoms with Crippen LogP contribution in [0.25, 0.3) is 0 Å². The van der Waals surface area contributed by atoms with Gasteiger partial charge in [-0.15, -0.1) is 11.8 Å². The van der Waals surface area contributed by atoms with E-state index in [0.717, 1.165) is 43.2 Å². The van der Waals surface area contributed by atoms with Gasteiger partial charge in [-0.3, -0.25) is 0 Å². The largest absolute Gasteiger partial charge is 0.633 e. The molecule has 244 valence electrons. The number of aromatic hydroxyl groups is 1. The SMILES string of the molecule is CC12CC(F)C3c4ccc(O)cc4CC(CCCCC[N+](C)([O-])CCCSc4c(F)c(F)c(F)c(F)c4F)C3C1CCC2O. The molecular weight excluding hydrogens is 604 g/mol. The maximum Gasteiger partial charge on any atom is 0.200 e. The van der Waals surface area contributed by atoms with Gasteiger partial charge in [-0.1, -0.05) is 19.4 Å². The van der Waals surface area contributed by atoms with Crippen LogP contribution in [0.5, 0.6) is 5.75 Å². The van der Waals surface area contributed by atoms with Gasteiger partial charge in [-0.25, -0.2) is 26.3 Å². The summed E-state index contributed by atoms with van der Waals surface area (Å²) in [5.41, 5.74) is 1.54. The first kappa shape index (κ1) is 33.4. The van der Waals surface area contributed by atoms with E-state index in [1.807, 2.05) is 13.0 Å². The lowest BCUT2D eigenvalue weighted by Crippen LogP contribution is -2.51. The molecule has 0 aliphatic heterocycles. The monoisotopic (exact) mass is 645 g/mol. The molecule has 44 heavy (non-hydrogen) atoms. The molecule has 8 unspecified atom stereocenters. The fraction of sp³-hybridized carbons (Fsp3) is 0.636. The number of phenols is 1. The molecule has 2 aromatic carbocycles. The number of aliphatic hydroxyl groups is 1. The van der Waals surface area contributed by atoms with Crippen molar-refractivity contribution in [3.8, 4) is 5.75 Å². The average molecular weight is 646 g/mol. The van der Waals surface area contributed by atoms with E-state index in [-0.39, 0.29) is 48.1 Å². The Morgan fingerprint density at radius 2 is 1.61 bits per heavy atom. The molecule has 0 amide bonds. The molecule has 2 saturated carbocycles. The first-order valence-corrected chi connectivity index (χ1v) is 16.6. The quantitative estimate of drug-likeness (QED) is 0.0493. The molecule has 2 fully saturated rings. The lowest BCUT2D eigenvalue weighted by atomic mass is 9.51. The molecule has 11 heteroatoms. The summed E-state index contributed by atoms with van der Waals surface area (Å²) in [4.78, 5) is -0.936. The number of nitrogens with zero attached hydrogens (tertiary/aromatic N) is 1. The number of rotatable bonds is 11. The van der Waals surface area contributed by atoms with Gasteiger partial charge in [0.15, 0.2) is 23.3 Å². The normalized spacial score (nSPS) is 30.9. The zero-order valence-corrected chi connectivity index (χ0v) is 25.9. The molecule has 5 rings (SSSR count). The molecule has 8 atom stereocenters. The first-order valence-electron chi connectivity index (χ1n) is 15.6. The average Bonchev–Trinajstić information content (AvgIpc) is 3.27. The molecule has 0 aromatic heterocycles. The van der Waals surface area contributed by atoms with E-state index in [1.165, 1.54) is 7.05 Å². The molecule has 3 aliphatic rings. The first-order chi connectivity index (χ1) is 20.7. The fourth-order valence-corrected chi connectivity index (χ4v) is 9.37. The van der Waals surface area contributed by atoms with Gasteiger partial charge in [0.1, 0.15) is 11.9 Å². The van der Waals surface area contributed by atoms with Crippen LogP contribution >= 0.6 is 11.8 Å². The van der Waals surface area contributed by atoms with Crippen molar-refractivity contribution in [2.75, 3.05) is 25.9 Å². The van der Waals surface area contributed by atoms with Gasteiger partial charge in [0.2, 0.25) is 5.82 Å². The van der Waals surface area contributed by atoms with Crippen molar-refractivity contribution < 1.29 is 41.2 Å².